The van der Waals surface area contributed by atoms with E-state index < -0.39 is 7.92 Å². The molecule has 0 radical (unpaired) electrons. The lowest BCUT2D eigenvalue weighted by Crippen LogP contribution is -2.20. The van der Waals surface area contributed by atoms with Crippen molar-refractivity contribution in [1.82, 2.24) is 15.0 Å². The van der Waals surface area contributed by atoms with Gasteiger partial charge in [-0.2, -0.15) is 0 Å². The molecular formula is C46H35N3P2. The highest BCUT2D eigenvalue weighted by Crippen LogP contribution is 2.35. The Kier molecular flexibility index (Phi) is 9.66. The van der Waals surface area contributed by atoms with Crippen LogP contribution in [-0.4, -0.2) is 21.6 Å². The molecule has 244 valence electrons. The van der Waals surface area contributed by atoms with Crippen LogP contribution in [0.5, 0.6) is 0 Å². The first-order valence-electron chi connectivity index (χ1n) is 17.0. The van der Waals surface area contributed by atoms with E-state index in [1.165, 1.54) is 26.8 Å². The van der Waals surface area contributed by atoms with E-state index in [-0.39, 0.29) is 0 Å². The highest BCUT2D eigenvalue weighted by molar-refractivity contribution is 7.79. The molecule has 0 saturated carbocycles. The molecule has 5 heteroatoms. The molecular weight excluding hydrogens is 656 g/mol. The molecule has 51 heavy (non-hydrogen) atoms. The van der Waals surface area contributed by atoms with E-state index in [9.17, 15) is 0 Å². The Labute approximate surface area is 302 Å². The van der Waals surface area contributed by atoms with Crippen molar-refractivity contribution in [2.45, 2.75) is 0 Å². The zero-order valence-corrected chi connectivity index (χ0v) is 30.1. The van der Waals surface area contributed by atoms with E-state index in [4.69, 9.17) is 15.0 Å². The van der Waals surface area contributed by atoms with Crippen LogP contribution in [0.1, 0.15) is 0 Å². The number of benzene rings is 7. The summed E-state index contributed by atoms with van der Waals surface area (Å²) in [6.07, 6.45) is 0. The first-order chi connectivity index (χ1) is 25.2. The Bertz CT molecular complexity index is 2380. The van der Waals surface area contributed by atoms with Gasteiger partial charge in [-0.3, -0.25) is 0 Å². The van der Waals surface area contributed by atoms with Gasteiger partial charge in [0.1, 0.15) is 0 Å². The molecule has 1 atom stereocenters. The van der Waals surface area contributed by atoms with Gasteiger partial charge in [0.25, 0.3) is 0 Å². The summed E-state index contributed by atoms with van der Waals surface area (Å²) in [5.74, 6) is 1.95. The molecule has 3 nitrogen and oxygen atoms in total. The van der Waals surface area contributed by atoms with Gasteiger partial charge >= 0.3 is 0 Å². The maximum Gasteiger partial charge on any atom is 0.164 e. The van der Waals surface area contributed by atoms with Gasteiger partial charge in [-0.25, -0.2) is 15.0 Å². The normalized spacial score (nSPS) is 11.3. The minimum Gasteiger partial charge on any atom is -0.208 e. The molecule has 0 spiro atoms. The smallest absolute Gasteiger partial charge is 0.164 e. The van der Waals surface area contributed by atoms with Crippen LogP contribution in [-0.2, 0) is 0 Å². The molecule has 0 aliphatic heterocycles. The van der Waals surface area contributed by atoms with Crippen LogP contribution in [0, 0.1) is 0 Å². The maximum atomic E-state index is 5.11. The molecule has 1 heterocycles. The quantitative estimate of drug-likeness (QED) is 0.142. The first kappa shape index (κ1) is 32.6. The molecule has 1 aromatic heterocycles. The SMILES string of the molecule is CPc1cccc(-c2cccc(-c3nc(-c4ccccc4)nc(-c4cccc(-c5cccc(P(c6ccccc6)c6ccccc6)c5)c4)n3)c2)c1. The minimum atomic E-state index is -0.720. The predicted octanol–water partition coefficient (Wildman–Crippen LogP) is 9.90. The molecule has 1 unspecified atom stereocenters. The van der Waals surface area contributed by atoms with Crippen LogP contribution in [0.2, 0.25) is 0 Å². The fraction of sp³-hybridized carbons (Fsp3) is 0.0217. The maximum absolute atomic E-state index is 5.11. The molecule has 0 aliphatic rings. The van der Waals surface area contributed by atoms with E-state index in [0.717, 1.165) is 42.0 Å². The van der Waals surface area contributed by atoms with Crippen molar-refractivity contribution in [2.75, 3.05) is 6.66 Å². The average molecular weight is 692 g/mol. The van der Waals surface area contributed by atoms with Gasteiger partial charge in [-0.15, -0.1) is 0 Å². The lowest BCUT2D eigenvalue weighted by atomic mass is 10.0. The molecule has 7 aromatic carbocycles. The van der Waals surface area contributed by atoms with Gasteiger partial charge in [-0.1, -0.05) is 172 Å². The predicted molar refractivity (Wildman–Crippen MR) is 220 cm³/mol. The van der Waals surface area contributed by atoms with Gasteiger partial charge in [0.15, 0.2) is 17.5 Å². The molecule has 0 saturated heterocycles. The molecule has 0 N–H and O–H groups in total. The largest absolute Gasteiger partial charge is 0.208 e. The summed E-state index contributed by atoms with van der Waals surface area (Å²) in [5, 5.41) is 5.31. The molecule has 8 aromatic rings. The lowest BCUT2D eigenvalue weighted by Gasteiger charge is -2.20. The zero-order chi connectivity index (χ0) is 34.4. The summed E-state index contributed by atoms with van der Waals surface area (Å²) in [6, 6.07) is 66.7. The van der Waals surface area contributed by atoms with Gasteiger partial charge < -0.3 is 0 Å². The van der Waals surface area contributed by atoms with Crippen molar-refractivity contribution in [1.29, 1.82) is 0 Å². The molecule has 8 rings (SSSR count). The van der Waals surface area contributed by atoms with E-state index >= 15 is 0 Å². The summed E-state index contributed by atoms with van der Waals surface area (Å²) >= 11 is 0. The fourth-order valence-corrected chi connectivity index (χ4v) is 9.21. The van der Waals surface area contributed by atoms with Crippen molar-refractivity contribution in [3.8, 4) is 56.4 Å². The topological polar surface area (TPSA) is 38.7 Å². The summed E-state index contributed by atoms with van der Waals surface area (Å²) in [4.78, 5) is 15.2. The minimum absolute atomic E-state index is 0.646. The number of hydrogen-bond donors (Lipinski definition) is 0. The van der Waals surface area contributed by atoms with E-state index in [2.05, 4.69) is 177 Å². The summed E-state index contributed by atoms with van der Waals surface area (Å²) in [5.41, 5.74) is 7.47. The standard InChI is InChI=1S/C46H35N3P2/c1-50-40-23-13-19-36(31-40)34-17-11-21-38(29-34)45-47-44(33-15-5-2-6-16-33)48-46(49-45)39-22-12-18-35(30-39)37-20-14-28-43(32-37)51(41-24-7-3-8-25-41)42-26-9-4-10-27-42/h2-32,50H,1H3. The fourth-order valence-electron chi connectivity index (χ4n) is 6.31. The van der Waals surface area contributed by atoms with Crippen molar-refractivity contribution < 1.29 is 0 Å². The van der Waals surface area contributed by atoms with E-state index in [1.807, 2.05) is 18.2 Å². The summed E-state index contributed by atoms with van der Waals surface area (Å²) < 4.78 is 0. The monoisotopic (exact) mass is 691 g/mol. The molecule has 0 fully saturated rings. The van der Waals surface area contributed by atoms with Crippen molar-refractivity contribution >= 4 is 37.7 Å². The van der Waals surface area contributed by atoms with Crippen LogP contribution in [0.25, 0.3) is 56.4 Å². The second kappa shape index (κ2) is 15.1. The third-order valence-electron chi connectivity index (χ3n) is 8.86. The third-order valence-corrected chi connectivity index (χ3v) is 12.2. The number of rotatable bonds is 9. The van der Waals surface area contributed by atoms with Gasteiger partial charge in [0, 0.05) is 16.7 Å². The zero-order valence-electron chi connectivity index (χ0n) is 28.2. The molecule has 0 bridgehead atoms. The lowest BCUT2D eigenvalue weighted by molar-refractivity contribution is 1.07. The van der Waals surface area contributed by atoms with Crippen LogP contribution < -0.4 is 21.2 Å². The van der Waals surface area contributed by atoms with E-state index in [1.54, 1.807) is 0 Å². The summed E-state index contributed by atoms with van der Waals surface area (Å²) in [7, 11) is 0.0265. The number of aromatic nitrogens is 3. The van der Waals surface area contributed by atoms with Crippen molar-refractivity contribution in [3.05, 3.63) is 188 Å². The highest BCUT2D eigenvalue weighted by atomic mass is 31.1. The number of hydrogen-bond acceptors (Lipinski definition) is 3. The Morgan fingerprint density at radius 3 is 1.24 bits per heavy atom. The molecule has 0 aliphatic carbocycles. The van der Waals surface area contributed by atoms with E-state index in [0.29, 0.717) is 17.5 Å². The molecule has 0 amide bonds. The van der Waals surface area contributed by atoms with Gasteiger partial charge in [0.05, 0.1) is 0 Å². The Morgan fingerprint density at radius 1 is 0.333 bits per heavy atom. The Morgan fingerprint density at radius 2 is 0.706 bits per heavy atom. The third kappa shape index (κ3) is 7.33. The second-order valence-corrected chi connectivity index (χ2v) is 15.5. The summed E-state index contributed by atoms with van der Waals surface area (Å²) in [6.45, 7) is 2.21. The van der Waals surface area contributed by atoms with Crippen LogP contribution in [0.15, 0.2) is 188 Å². The Balaban J connectivity index is 1.21. The van der Waals surface area contributed by atoms with Gasteiger partial charge in [0.2, 0.25) is 0 Å². The highest BCUT2D eigenvalue weighted by Gasteiger charge is 2.18. The average Bonchev–Trinajstić information content (AvgIpc) is 3.22. The van der Waals surface area contributed by atoms with Gasteiger partial charge in [-0.05, 0) is 82.3 Å². The van der Waals surface area contributed by atoms with Crippen molar-refractivity contribution in [3.63, 3.8) is 0 Å². The van der Waals surface area contributed by atoms with Crippen molar-refractivity contribution in [2.24, 2.45) is 0 Å². The number of nitrogens with zero attached hydrogens (tertiary/aromatic N) is 3. The van der Waals surface area contributed by atoms with Crippen LogP contribution in [0.3, 0.4) is 0 Å². The van der Waals surface area contributed by atoms with Crippen LogP contribution in [0.4, 0.5) is 0 Å². The second-order valence-electron chi connectivity index (χ2n) is 12.2. The van der Waals surface area contributed by atoms with Crippen LogP contribution >= 0.6 is 16.5 Å². The Hall–Kier alpha value is -5.59. The first-order valence-corrected chi connectivity index (χ1v) is 19.9.